The van der Waals surface area contributed by atoms with Gasteiger partial charge in [0.2, 0.25) is 0 Å². The topological polar surface area (TPSA) is 55.8 Å². The van der Waals surface area contributed by atoms with Gasteiger partial charge in [-0.1, -0.05) is 12.1 Å². The van der Waals surface area contributed by atoms with Gasteiger partial charge in [-0.25, -0.2) is 0 Å². The number of benzene rings is 1. The Morgan fingerprint density at radius 1 is 1.35 bits per heavy atom. The molecule has 0 saturated heterocycles. The molecule has 1 saturated carbocycles. The monoisotopic (exact) mass is 296 g/mol. The molecule has 1 N–H and O–H groups in total. The van der Waals surface area contributed by atoms with Crippen LogP contribution in [-0.4, -0.2) is 36.3 Å². The minimum absolute atomic E-state index is 0.0565. The summed E-state index contributed by atoms with van der Waals surface area (Å²) in [5, 5.41) is 8.85. The number of hydrogen-bond acceptors (Lipinski definition) is 4. The minimum Gasteiger partial charge on any atom is -0.493 e. The van der Waals surface area contributed by atoms with Crippen LogP contribution >= 0.6 is 11.8 Å². The van der Waals surface area contributed by atoms with Gasteiger partial charge in [0.1, 0.15) is 0 Å². The summed E-state index contributed by atoms with van der Waals surface area (Å²) in [7, 11) is 1.62. The Labute approximate surface area is 123 Å². The lowest BCUT2D eigenvalue weighted by Crippen LogP contribution is -2.12. The maximum absolute atomic E-state index is 10.8. The summed E-state index contributed by atoms with van der Waals surface area (Å²) in [5.74, 6) is 2.58. The van der Waals surface area contributed by atoms with E-state index in [1.165, 1.54) is 0 Å². The molecule has 0 aliphatic heterocycles. The largest absolute Gasteiger partial charge is 0.493 e. The van der Waals surface area contributed by atoms with Crippen LogP contribution in [0.2, 0.25) is 0 Å². The molecule has 5 heteroatoms. The van der Waals surface area contributed by atoms with E-state index >= 15 is 0 Å². The quantitative estimate of drug-likeness (QED) is 0.710. The van der Waals surface area contributed by atoms with Crippen LogP contribution in [0, 0.1) is 5.41 Å². The zero-order valence-electron chi connectivity index (χ0n) is 11.6. The number of rotatable bonds is 9. The van der Waals surface area contributed by atoms with Crippen molar-refractivity contribution in [1.82, 2.24) is 0 Å². The third-order valence-corrected chi connectivity index (χ3v) is 4.72. The zero-order valence-corrected chi connectivity index (χ0v) is 12.4. The Balaban J connectivity index is 1.66. The van der Waals surface area contributed by atoms with Gasteiger partial charge in [0.15, 0.2) is 11.5 Å². The average molecular weight is 296 g/mol. The van der Waals surface area contributed by atoms with Crippen molar-refractivity contribution in [3.8, 4) is 11.5 Å². The molecule has 1 aromatic rings. The lowest BCUT2D eigenvalue weighted by molar-refractivity contribution is -0.138. The SMILES string of the molecule is COc1ccccc1OCCSCC1(CC(=O)O)CC1. The number of carbonyl (C=O) groups is 1. The first kappa shape index (κ1) is 15.0. The molecule has 0 bridgehead atoms. The number of hydrogen-bond donors (Lipinski definition) is 1. The molecule has 0 aromatic heterocycles. The van der Waals surface area contributed by atoms with Crippen molar-refractivity contribution >= 4 is 17.7 Å². The lowest BCUT2D eigenvalue weighted by atomic mass is 10.1. The van der Waals surface area contributed by atoms with Crippen molar-refractivity contribution in [1.29, 1.82) is 0 Å². The molecule has 110 valence electrons. The third kappa shape index (κ3) is 4.34. The van der Waals surface area contributed by atoms with Crippen LogP contribution in [0.25, 0.3) is 0 Å². The second-order valence-electron chi connectivity index (χ2n) is 5.12. The molecule has 0 atom stereocenters. The Hall–Kier alpha value is -1.36. The number of aliphatic carboxylic acids is 1. The highest BCUT2D eigenvalue weighted by atomic mass is 32.2. The maximum atomic E-state index is 10.8. The van der Waals surface area contributed by atoms with E-state index in [0.29, 0.717) is 13.0 Å². The van der Waals surface area contributed by atoms with Gasteiger partial charge in [-0.2, -0.15) is 11.8 Å². The van der Waals surface area contributed by atoms with E-state index in [2.05, 4.69) is 0 Å². The standard InChI is InChI=1S/C15H20O4S/c1-18-12-4-2-3-5-13(12)19-8-9-20-11-15(6-7-15)10-14(16)17/h2-5H,6-11H2,1H3,(H,16,17). The molecule has 4 nitrogen and oxygen atoms in total. The predicted octanol–water partition coefficient (Wildman–Crippen LogP) is 3.06. The fourth-order valence-corrected chi connectivity index (χ4v) is 3.28. The first-order valence-corrected chi connectivity index (χ1v) is 7.86. The molecular formula is C15H20O4S. The molecular weight excluding hydrogens is 276 g/mol. The Kier molecular flexibility index (Phi) is 5.17. The van der Waals surface area contributed by atoms with Crippen molar-refractivity contribution in [2.24, 2.45) is 5.41 Å². The first-order valence-electron chi connectivity index (χ1n) is 6.71. The van der Waals surface area contributed by atoms with Crippen LogP contribution in [0.4, 0.5) is 0 Å². The summed E-state index contributed by atoms with van der Waals surface area (Å²) < 4.78 is 10.9. The molecule has 1 aliphatic carbocycles. The van der Waals surface area contributed by atoms with Gasteiger partial charge < -0.3 is 14.6 Å². The third-order valence-electron chi connectivity index (χ3n) is 3.45. The molecule has 1 aromatic carbocycles. The highest BCUT2D eigenvalue weighted by Gasteiger charge is 2.43. The molecule has 2 rings (SSSR count). The molecule has 0 amide bonds. The molecule has 1 fully saturated rings. The van der Waals surface area contributed by atoms with E-state index in [1.807, 2.05) is 24.3 Å². The van der Waals surface area contributed by atoms with E-state index in [0.717, 1.165) is 35.8 Å². The van der Waals surface area contributed by atoms with Gasteiger partial charge in [-0.3, -0.25) is 4.79 Å². The molecule has 0 radical (unpaired) electrons. The minimum atomic E-state index is -0.687. The van der Waals surface area contributed by atoms with Crippen molar-refractivity contribution in [3.63, 3.8) is 0 Å². The summed E-state index contributed by atoms with van der Waals surface area (Å²) >= 11 is 1.77. The van der Waals surface area contributed by atoms with Crippen LogP contribution in [0.3, 0.4) is 0 Å². The Morgan fingerprint density at radius 3 is 2.65 bits per heavy atom. The number of carboxylic acid groups (broad SMARTS) is 1. The van der Waals surface area contributed by atoms with Gasteiger partial charge in [-0.15, -0.1) is 0 Å². The predicted molar refractivity (Wildman–Crippen MR) is 79.7 cm³/mol. The number of thioether (sulfide) groups is 1. The highest BCUT2D eigenvalue weighted by molar-refractivity contribution is 7.99. The van der Waals surface area contributed by atoms with Gasteiger partial charge in [-0.05, 0) is 36.1 Å². The second-order valence-corrected chi connectivity index (χ2v) is 6.23. The van der Waals surface area contributed by atoms with Crippen molar-refractivity contribution < 1.29 is 19.4 Å². The van der Waals surface area contributed by atoms with Gasteiger partial charge >= 0.3 is 5.97 Å². The summed E-state index contributed by atoms with van der Waals surface area (Å²) in [6.45, 7) is 0.605. The van der Waals surface area contributed by atoms with Crippen molar-refractivity contribution in [2.45, 2.75) is 19.3 Å². The van der Waals surface area contributed by atoms with Gasteiger partial charge in [0, 0.05) is 5.75 Å². The van der Waals surface area contributed by atoms with Crippen molar-refractivity contribution in [3.05, 3.63) is 24.3 Å². The van der Waals surface area contributed by atoms with Gasteiger partial charge in [0.25, 0.3) is 0 Å². The maximum Gasteiger partial charge on any atom is 0.303 e. The fourth-order valence-electron chi connectivity index (χ4n) is 2.11. The zero-order chi connectivity index (χ0) is 14.4. The smallest absolute Gasteiger partial charge is 0.303 e. The molecule has 1 aliphatic rings. The first-order chi connectivity index (χ1) is 9.65. The fraction of sp³-hybridized carbons (Fsp3) is 0.533. The van der Waals surface area contributed by atoms with E-state index in [4.69, 9.17) is 14.6 Å². The van der Waals surface area contributed by atoms with E-state index < -0.39 is 5.97 Å². The van der Waals surface area contributed by atoms with E-state index in [-0.39, 0.29) is 5.41 Å². The second kappa shape index (κ2) is 6.88. The Bertz CT molecular complexity index is 457. The molecule has 0 spiro atoms. The normalized spacial score (nSPS) is 15.7. The number of ether oxygens (including phenoxy) is 2. The number of para-hydroxylation sites is 2. The molecule has 0 unspecified atom stereocenters. The summed E-state index contributed by atoms with van der Waals surface area (Å²) in [5.41, 5.74) is 0.0565. The van der Waals surface area contributed by atoms with Crippen LogP contribution in [0.15, 0.2) is 24.3 Å². The molecule has 20 heavy (non-hydrogen) atoms. The van der Waals surface area contributed by atoms with Gasteiger partial charge in [0.05, 0.1) is 20.1 Å². The Morgan fingerprint density at radius 2 is 2.05 bits per heavy atom. The lowest BCUT2D eigenvalue weighted by Gasteiger charge is -2.13. The summed E-state index contributed by atoms with van der Waals surface area (Å²) in [6.07, 6.45) is 2.38. The average Bonchev–Trinajstić information content (AvgIpc) is 3.18. The van der Waals surface area contributed by atoms with Crippen LogP contribution in [0.1, 0.15) is 19.3 Å². The van der Waals surface area contributed by atoms with Crippen LogP contribution in [0.5, 0.6) is 11.5 Å². The molecule has 0 heterocycles. The van der Waals surface area contributed by atoms with Crippen LogP contribution in [-0.2, 0) is 4.79 Å². The summed E-state index contributed by atoms with van der Waals surface area (Å²) in [6, 6.07) is 7.57. The summed E-state index contributed by atoms with van der Waals surface area (Å²) in [4.78, 5) is 10.8. The van der Waals surface area contributed by atoms with Crippen LogP contribution < -0.4 is 9.47 Å². The van der Waals surface area contributed by atoms with E-state index in [9.17, 15) is 4.79 Å². The number of carboxylic acids is 1. The number of methoxy groups -OCH3 is 1. The highest BCUT2D eigenvalue weighted by Crippen LogP contribution is 2.50. The van der Waals surface area contributed by atoms with E-state index in [1.54, 1.807) is 18.9 Å². The van der Waals surface area contributed by atoms with Crippen molar-refractivity contribution in [2.75, 3.05) is 25.2 Å².